The molecule has 3 N–H and O–H groups in total. The molecule has 2 rings (SSSR count). The zero-order valence-electron chi connectivity index (χ0n) is 15.6. The third-order valence-corrected chi connectivity index (χ3v) is 4.03. The summed E-state index contributed by atoms with van der Waals surface area (Å²) in [4.78, 5) is 23.8. The topological polar surface area (TPSA) is 96.9 Å². The smallest absolute Gasteiger partial charge is 0.309 e. The number of aliphatic hydroxyl groups is 1. The van der Waals surface area contributed by atoms with Gasteiger partial charge in [-0.2, -0.15) is 0 Å². The second-order valence-corrected chi connectivity index (χ2v) is 6.01. The molecule has 0 heterocycles. The molecule has 144 valence electrons. The van der Waals surface area contributed by atoms with E-state index in [2.05, 4.69) is 10.6 Å². The number of rotatable bonds is 7. The van der Waals surface area contributed by atoms with Crippen LogP contribution in [0.25, 0.3) is 0 Å². The predicted octanol–water partition coefficient (Wildman–Crippen LogP) is 1.48. The first kappa shape index (κ1) is 20.3. The summed E-state index contributed by atoms with van der Waals surface area (Å²) < 4.78 is 10.3. The van der Waals surface area contributed by atoms with Crippen LogP contribution in [0, 0.1) is 6.92 Å². The molecule has 0 spiro atoms. The summed E-state index contributed by atoms with van der Waals surface area (Å²) in [5.41, 5.74) is 2.55. The standard InChI is InChI=1S/C20H24N2O5/c1-13-4-6-14(7-5-13)11-21-19(24)20(25)22-12-16(23)15-8-9-17(26-2)18(10-15)27-3/h4-10,16,23H,11-12H2,1-3H3,(H,21,24)(H,22,25). The minimum atomic E-state index is -0.987. The summed E-state index contributed by atoms with van der Waals surface area (Å²) in [7, 11) is 3.01. The number of aliphatic hydroxyl groups excluding tert-OH is 1. The highest BCUT2D eigenvalue weighted by Crippen LogP contribution is 2.29. The van der Waals surface area contributed by atoms with Gasteiger partial charge in [-0.05, 0) is 30.2 Å². The van der Waals surface area contributed by atoms with Crippen molar-refractivity contribution in [1.82, 2.24) is 10.6 Å². The summed E-state index contributed by atoms with van der Waals surface area (Å²) in [6.45, 7) is 2.12. The second-order valence-electron chi connectivity index (χ2n) is 6.01. The number of hydrogen-bond donors (Lipinski definition) is 3. The lowest BCUT2D eigenvalue weighted by Crippen LogP contribution is -2.41. The van der Waals surface area contributed by atoms with Crippen molar-refractivity contribution >= 4 is 11.8 Å². The normalized spacial score (nSPS) is 11.4. The molecule has 0 saturated carbocycles. The molecule has 0 bridgehead atoms. The quantitative estimate of drug-likeness (QED) is 0.640. The highest BCUT2D eigenvalue weighted by atomic mass is 16.5. The van der Waals surface area contributed by atoms with Crippen LogP contribution in [0.1, 0.15) is 22.8 Å². The number of hydrogen-bond acceptors (Lipinski definition) is 5. The van der Waals surface area contributed by atoms with Crippen molar-refractivity contribution in [3.63, 3.8) is 0 Å². The van der Waals surface area contributed by atoms with Crippen molar-refractivity contribution in [2.24, 2.45) is 0 Å². The Balaban J connectivity index is 1.84. The molecule has 0 saturated heterocycles. The molecule has 2 aromatic carbocycles. The molecule has 0 aliphatic rings. The maximum atomic E-state index is 11.9. The van der Waals surface area contributed by atoms with Gasteiger partial charge in [0.15, 0.2) is 11.5 Å². The summed E-state index contributed by atoms with van der Waals surface area (Å²) in [5, 5.41) is 15.2. The highest BCUT2D eigenvalue weighted by Gasteiger charge is 2.16. The van der Waals surface area contributed by atoms with Crippen LogP contribution in [0.15, 0.2) is 42.5 Å². The largest absolute Gasteiger partial charge is 0.493 e. The van der Waals surface area contributed by atoms with Crippen molar-refractivity contribution < 1.29 is 24.2 Å². The third kappa shape index (κ3) is 5.72. The maximum absolute atomic E-state index is 11.9. The molecule has 0 aromatic heterocycles. The highest BCUT2D eigenvalue weighted by molar-refractivity contribution is 6.35. The fraction of sp³-hybridized carbons (Fsp3) is 0.300. The van der Waals surface area contributed by atoms with Crippen LogP contribution in [-0.2, 0) is 16.1 Å². The fourth-order valence-electron chi connectivity index (χ4n) is 2.42. The molecule has 0 fully saturated rings. The van der Waals surface area contributed by atoms with Gasteiger partial charge in [0.2, 0.25) is 0 Å². The number of benzene rings is 2. The second kappa shape index (κ2) is 9.59. The third-order valence-electron chi connectivity index (χ3n) is 4.03. The van der Waals surface area contributed by atoms with E-state index in [1.807, 2.05) is 31.2 Å². The molecule has 1 atom stereocenters. The van der Waals surface area contributed by atoms with Gasteiger partial charge < -0.3 is 25.2 Å². The molecule has 2 amide bonds. The van der Waals surface area contributed by atoms with Crippen LogP contribution < -0.4 is 20.1 Å². The van der Waals surface area contributed by atoms with Crippen LogP contribution >= 0.6 is 0 Å². The Hall–Kier alpha value is -3.06. The molecule has 0 aliphatic carbocycles. The Kier molecular flexibility index (Phi) is 7.19. The molecule has 1 unspecified atom stereocenters. The van der Waals surface area contributed by atoms with Crippen LogP contribution in [0.3, 0.4) is 0 Å². The summed E-state index contributed by atoms with van der Waals surface area (Å²) >= 11 is 0. The number of carbonyl (C=O) groups excluding carboxylic acids is 2. The number of carbonyl (C=O) groups is 2. The minimum absolute atomic E-state index is 0.105. The Bertz CT molecular complexity index is 789. The van der Waals surface area contributed by atoms with Gasteiger partial charge in [0.25, 0.3) is 0 Å². The van der Waals surface area contributed by atoms with E-state index in [1.165, 1.54) is 14.2 Å². The summed E-state index contributed by atoms with van der Waals surface area (Å²) in [6, 6.07) is 12.6. The Labute approximate surface area is 158 Å². The first-order chi connectivity index (χ1) is 12.9. The first-order valence-electron chi connectivity index (χ1n) is 8.46. The molecule has 2 aromatic rings. The van der Waals surface area contributed by atoms with E-state index < -0.39 is 17.9 Å². The van der Waals surface area contributed by atoms with Crippen LogP contribution in [-0.4, -0.2) is 37.7 Å². The lowest BCUT2D eigenvalue weighted by Gasteiger charge is -2.15. The van der Waals surface area contributed by atoms with Crippen LogP contribution in [0.4, 0.5) is 0 Å². The van der Waals surface area contributed by atoms with E-state index in [1.54, 1.807) is 18.2 Å². The van der Waals surface area contributed by atoms with Crippen LogP contribution in [0.5, 0.6) is 11.5 Å². The van der Waals surface area contributed by atoms with Gasteiger partial charge in [-0.25, -0.2) is 0 Å². The van der Waals surface area contributed by atoms with E-state index in [-0.39, 0.29) is 13.1 Å². The van der Waals surface area contributed by atoms with E-state index in [4.69, 9.17) is 9.47 Å². The number of methoxy groups -OCH3 is 2. The lowest BCUT2D eigenvalue weighted by atomic mass is 10.1. The van der Waals surface area contributed by atoms with Crippen molar-refractivity contribution in [3.8, 4) is 11.5 Å². The Morgan fingerprint density at radius 2 is 1.59 bits per heavy atom. The van der Waals surface area contributed by atoms with E-state index in [0.717, 1.165) is 11.1 Å². The average Bonchev–Trinajstić information content (AvgIpc) is 2.70. The monoisotopic (exact) mass is 372 g/mol. The van der Waals surface area contributed by atoms with Crippen molar-refractivity contribution in [3.05, 3.63) is 59.2 Å². The zero-order chi connectivity index (χ0) is 19.8. The molecular weight excluding hydrogens is 348 g/mol. The zero-order valence-corrected chi connectivity index (χ0v) is 15.6. The summed E-state index contributed by atoms with van der Waals surface area (Å²) in [5.74, 6) is -0.555. The summed E-state index contributed by atoms with van der Waals surface area (Å²) in [6.07, 6.45) is -0.987. The van der Waals surface area contributed by atoms with Gasteiger partial charge >= 0.3 is 11.8 Å². The van der Waals surface area contributed by atoms with Gasteiger partial charge in [0.1, 0.15) is 0 Å². The van der Waals surface area contributed by atoms with Gasteiger partial charge in [0.05, 0.1) is 20.3 Å². The predicted molar refractivity (Wildman–Crippen MR) is 101 cm³/mol. The van der Waals surface area contributed by atoms with E-state index in [0.29, 0.717) is 17.1 Å². The Morgan fingerprint density at radius 1 is 0.963 bits per heavy atom. The van der Waals surface area contributed by atoms with Gasteiger partial charge in [0, 0.05) is 13.1 Å². The Morgan fingerprint density at radius 3 is 2.22 bits per heavy atom. The first-order valence-corrected chi connectivity index (χ1v) is 8.46. The number of amides is 2. The minimum Gasteiger partial charge on any atom is -0.493 e. The van der Waals surface area contributed by atoms with Gasteiger partial charge in [-0.3, -0.25) is 9.59 Å². The van der Waals surface area contributed by atoms with Gasteiger partial charge in [-0.15, -0.1) is 0 Å². The maximum Gasteiger partial charge on any atom is 0.309 e. The molecule has 27 heavy (non-hydrogen) atoms. The van der Waals surface area contributed by atoms with Gasteiger partial charge in [-0.1, -0.05) is 35.9 Å². The molecule has 0 aliphatic heterocycles. The van der Waals surface area contributed by atoms with E-state index >= 15 is 0 Å². The number of ether oxygens (including phenoxy) is 2. The van der Waals surface area contributed by atoms with Crippen molar-refractivity contribution in [2.75, 3.05) is 20.8 Å². The lowest BCUT2D eigenvalue weighted by molar-refractivity contribution is -0.139. The number of aryl methyl sites for hydroxylation is 1. The molecule has 7 heteroatoms. The van der Waals surface area contributed by atoms with Crippen molar-refractivity contribution in [1.29, 1.82) is 0 Å². The van der Waals surface area contributed by atoms with E-state index in [9.17, 15) is 14.7 Å². The van der Waals surface area contributed by atoms with Crippen LogP contribution in [0.2, 0.25) is 0 Å². The SMILES string of the molecule is COc1ccc(C(O)CNC(=O)C(=O)NCc2ccc(C)cc2)cc1OC. The number of nitrogens with one attached hydrogen (secondary N) is 2. The average molecular weight is 372 g/mol. The van der Waals surface area contributed by atoms with Crippen molar-refractivity contribution in [2.45, 2.75) is 19.6 Å². The molecule has 0 radical (unpaired) electrons. The molecule has 7 nitrogen and oxygen atoms in total. The molecular formula is C20H24N2O5. The fourth-order valence-corrected chi connectivity index (χ4v) is 2.42.